The first-order valence-electron chi connectivity index (χ1n) is 15.7. The molecule has 0 saturated carbocycles. The van der Waals surface area contributed by atoms with Gasteiger partial charge in [0, 0.05) is 25.4 Å². The van der Waals surface area contributed by atoms with E-state index in [2.05, 4.69) is 31.9 Å². The van der Waals surface area contributed by atoms with Crippen LogP contribution < -0.4 is 19.5 Å². The molecule has 46 heavy (non-hydrogen) atoms. The van der Waals surface area contributed by atoms with Gasteiger partial charge in [-0.05, 0) is 54.3 Å². The molecule has 0 bridgehead atoms. The van der Waals surface area contributed by atoms with E-state index in [4.69, 9.17) is 4.74 Å². The number of carbonyl (C=O) groups excluding carboxylic acids is 1. The second-order valence-electron chi connectivity index (χ2n) is 10.8. The molecule has 3 aromatic rings. The minimum Gasteiger partial charge on any atom is -0.505 e. The van der Waals surface area contributed by atoms with E-state index in [1.807, 2.05) is 0 Å². The van der Waals surface area contributed by atoms with E-state index < -0.39 is 36.6 Å². The third kappa shape index (κ3) is 10.2. The van der Waals surface area contributed by atoms with Gasteiger partial charge < -0.3 is 15.2 Å². The molecule has 0 atom stereocenters. The van der Waals surface area contributed by atoms with Crippen molar-refractivity contribution in [1.82, 2.24) is 9.44 Å². The highest BCUT2D eigenvalue weighted by Gasteiger charge is 2.26. The van der Waals surface area contributed by atoms with Gasteiger partial charge in [0.15, 0.2) is 5.75 Å². The zero-order chi connectivity index (χ0) is 33.7. The number of aromatic hydroxyl groups is 1. The maximum Gasteiger partial charge on any atom is 0.242 e. The summed E-state index contributed by atoms with van der Waals surface area (Å²) in [7, 11) is -8.23. The minimum atomic E-state index is -4.22. The van der Waals surface area contributed by atoms with Crippen molar-refractivity contribution in [3.63, 3.8) is 0 Å². The number of unbranched alkanes of at least 4 members (excludes halogenated alkanes) is 7. The normalized spacial score (nSPS) is 12.2. The molecule has 14 heteroatoms. The van der Waals surface area contributed by atoms with Crippen molar-refractivity contribution in [1.29, 1.82) is 0 Å². The van der Waals surface area contributed by atoms with Gasteiger partial charge in [-0.1, -0.05) is 65.7 Å². The van der Waals surface area contributed by atoms with E-state index in [0.717, 1.165) is 12.8 Å². The molecule has 0 spiro atoms. The molecule has 0 aromatic heterocycles. The van der Waals surface area contributed by atoms with Crippen LogP contribution >= 0.6 is 0 Å². The van der Waals surface area contributed by atoms with Gasteiger partial charge in [-0.25, -0.2) is 26.3 Å². The highest BCUT2D eigenvalue weighted by Crippen LogP contribution is 2.45. The van der Waals surface area contributed by atoms with E-state index >= 15 is 0 Å². The van der Waals surface area contributed by atoms with Crippen molar-refractivity contribution in [2.45, 2.75) is 88.9 Å². The number of hydrogen-bond donors (Lipinski definition) is 4. The molecule has 1 amide bonds. The largest absolute Gasteiger partial charge is 0.505 e. The molecule has 12 nitrogen and oxygen atoms in total. The van der Waals surface area contributed by atoms with Crippen LogP contribution in [0.15, 0.2) is 62.5 Å². The Balaban J connectivity index is 1.93. The Morgan fingerprint density at radius 3 is 2.02 bits per heavy atom. The van der Waals surface area contributed by atoms with E-state index in [9.17, 15) is 26.7 Å². The standard InChI is InChI=1S/C32H45N5O7S2/c1-5-8-9-10-11-12-13-14-19-44-26-17-15-25(16-18-26)36-37-31-29(46(42,43)34-7-3)21-24-20-27(45(40,41)33-6-2)22-28(35-23(4)38)30(24)32(31)39/h15-18,20-22,33-34,39H,5-14,19H2,1-4H3,(H,35,38). The number of phenolic OH excluding ortho intramolecular Hbond substituents is 1. The van der Waals surface area contributed by atoms with Crippen molar-refractivity contribution in [3.05, 3.63) is 42.5 Å². The van der Waals surface area contributed by atoms with Gasteiger partial charge in [0.05, 0.1) is 22.9 Å². The molecular formula is C32H45N5O7S2. The number of benzene rings is 3. The molecule has 0 aliphatic rings. The first-order valence-corrected chi connectivity index (χ1v) is 18.6. The Morgan fingerprint density at radius 2 is 1.41 bits per heavy atom. The number of fused-ring (bicyclic) bond motifs is 1. The monoisotopic (exact) mass is 675 g/mol. The van der Waals surface area contributed by atoms with Gasteiger partial charge in [-0.2, -0.15) is 5.11 Å². The number of hydrogen-bond acceptors (Lipinski definition) is 9. The number of sulfonamides is 2. The fraction of sp³-hybridized carbons (Fsp3) is 0.469. The van der Waals surface area contributed by atoms with Gasteiger partial charge in [-0.15, -0.1) is 5.11 Å². The summed E-state index contributed by atoms with van der Waals surface area (Å²) in [4.78, 5) is 11.4. The summed E-state index contributed by atoms with van der Waals surface area (Å²) in [5, 5.41) is 22.3. The van der Waals surface area contributed by atoms with E-state index in [1.54, 1.807) is 38.1 Å². The lowest BCUT2D eigenvalue weighted by molar-refractivity contribution is -0.114. The SMILES string of the molecule is CCCCCCCCCCOc1ccc(N=Nc2c(S(=O)(=O)NCC)cc3cc(S(=O)(=O)NCC)cc(NC(C)=O)c3c2O)cc1. The molecule has 0 aliphatic carbocycles. The Hall–Kier alpha value is -3.59. The summed E-state index contributed by atoms with van der Waals surface area (Å²) in [5.41, 5.74) is -0.0434. The smallest absolute Gasteiger partial charge is 0.242 e. The zero-order valence-electron chi connectivity index (χ0n) is 26.9. The van der Waals surface area contributed by atoms with Crippen LogP contribution in [0.4, 0.5) is 17.1 Å². The third-order valence-corrected chi connectivity index (χ3v) is 10.2. The third-order valence-electron chi connectivity index (χ3n) is 7.07. The lowest BCUT2D eigenvalue weighted by atomic mass is 10.1. The number of amides is 1. The van der Waals surface area contributed by atoms with Crippen LogP contribution in [0, 0.1) is 0 Å². The second-order valence-corrected chi connectivity index (χ2v) is 14.3. The minimum absolute atomic E-state index is 0.000228. The number of phenols is 1. The molecule has 4 N–H and O–H groups in total. The molecule has 0 saturated heterocycles. The van der Waals surface area contributed by atoms with Crippen LogP contribution in [0.25, 0.3) is 10.8 Å². The number of azo groups is 1. The molecule has 0 radical (unpaired) electrons. The fourth-order valence-electron chi connectivity index (χ4n) is 4.89. The summed E-state index contributed by atoms with van der Waals surface area (Å²) in [6.07, 6.45) is 9.64. The molecule has 3 aromatic carbocycles. The number of rotatable bonds is 19. The fourth-order valence-corrected chi connectivity index (χ4v) is 7.20. The Labute approximate surface area is 272 Å². The maximum absolute atomic E-state index is 13.2. The number of nitrogens with zero attached hydrogens (tertiary/aromatic N) is 2. The highest BCUT2D eigenvalue weighted by atomic mass is 32.2. The van der Waals surface area contributed by atoms with E-state index in [1.165, 1.54) is 63.6 Å². The first kappa shape index (κ1) is 36.9. The van der Waals surface area contributed by atoms with Crippen LogP contribution in [-0.2, 0) is 24.8 Å². The molecule has 0 aliphatic heterocycles. The number of carbonyl (C=O) groups is 1. The molecule has 0 fully saturated rings. The highest BCUT2D eigenvalue weighted by molar-refractivity contribution is 7.90. The Bertz CT molecular complexity index is 1730. The summed E-state index contributed by atoms with van der Waals surface area (Å²) in [6.45, 7) is 7.38. The van der Waals surface area contributed by atoms with Crippen molar-refractivity contribution < 1.29 is 31.5 Å². The van der Waals surface area contributed by atoms with Crippen LogP contribution in [0.1, 0.15) is 79.1 Å². The summed E-state index contributed by atoms with van der Waals surface area (Å²) in [5.74, 6) is -0.468. The van der Waals surface area contributed by atoms with Crippen molar-refractivity contribution in [3.8, 4) is 11.5 Å². The van der Waals surface area contributed by atoms with Crippen molar-refractivity contribution in [2.24, 2.45) is 10.2 Å². The van der Waals surface area contributed by atoms with E-state index in [0.29, 0.717) is 18.0 Å². The molecule has 0 unspecified atom stereocenters. The van der Waals surface area contributed by atoms with Gasteiger partial charge in [-0.3, -0.25) is 4.79 Å². The first-order chi connectivity index (χ1) is 21.9. The Kier molecular flexibility index (Phi) is 13.9. The van der Waals surface area contributed by atoms with Crippen LogP contribution in [0.3, 0.4) is 0 Å². The van der Waals surface area contributed by atoms with Gasteiger partial charge >= 0.3 is 0 Å². The lowest BCUT2D eigenvalue weighted by Gasteiger charge is -2.16. The quantitative estimate of drug-likeness (QED) is 0.0778. The summed E-state index contributed by atoms with van der Waals surface area (Å²) >= 11 is 0. The number of anilines is 1. The van der Waals surface area contributed by atoms with Gasteiger partial charge in [0.2, 0.25) is 26.0 Å². The zero-order valence-corrected chi connectivity index (χ0v) is 28.6. The second kappa shape index (κ2) is 17.4. The lowest BCUT2D eigenvalue weighted by Crippen LogP contribution is -2.24. The number of nitrogens with one attached hydrogen (secondary N) is 3. The predicted octanol–water partition coefficient (Wildman–Crippen LogP) is 7.04. The van der Waals surface area contributed by atoms with E-state index in [-0.39, 0.29) is 40.1 Å². The van der Waals surface area contributed by atoms with Crippen LogP contribution in [0.5, 0.6) is 11.5 Å². The van der Waals surface area contributed by atoms with Crippen molar-refractivity contribution >= 4 is 53.8 Å². The molecule has 0 heterocycles. The Morgan fingerprint density at radius 1 is 0.804 bits per heavy atom. The topological polar surface area (TPSA) is 176 Å². The summed E-state index contributed by atoms with van der Waals surface area (Å²) in [6, 6.07) is 10.4. The maximum atomic E-state index is 13.2. The molecular weight excluding hydrogens is 631 g/mol. The van der Waals surface area contributed by atoms with Gasteiger partial charge in [0.1, 0.15) is 16.3 Å². The van der Waals surface area contributed by atoms with Crippen LogP contribution in [-0.4, -0.2) is 47.5 Å². The summed E-state index contributed by atoms with van der Waals surface area (Å²) < 4.78 is 62.7. The molecule has 252 valence electrons. The van der Waals surface area contributed by atoms with Crippen molar-refractivity contribution in [2.75, 3.05) is 25.0 Å². The molecule has 3 rings (SSSR count). The number of ether oxygens (including phenoxy) is 1. The van der Waals surface area contributed by atoms with Gasteiger partial charge in [0.25, 0.3) is 0 Å². The average Bonchev–Trinajstić information content (AvgIpc) is 2.99. The predicted molar refractivity (Wildman–Crippen MR) is 180 cm³/mol. The van der Waals surface area contributed by atoms with Crippen LogP contribution in [0.2, 0.25) is 0 Å². The average molecular weight is 676 g/mol.